The summed E-state index contributed by atoms with van der Waals surface area (Å²) in [6, 6.07) is 6.70. The van der Waals surface area contributed by atoms with Gasteiger partial charge in [0.1, 0.15) is 0 Å². The summed E-state index contributed by atoms with van der Waals surface area (Å²) in [5.41, 5.74) is 1.01. The summed E-state index contributed by atoms with van der Waals surface area (Å²) in [6.45, 7) is 3.90. The summed E-state index contributed by atoms with van der Waals surface area (Å²) < 4.78 is 26.2. The molecule has 0 aliphatic rings. The summed E-state index contributed by atoms with van der Waals surface area (Å²) in [7, 11) is -3.57. The molecular weight excluding hydrogens is 274 g/mol. The highest BCUT2D eigenvalue weighted by Crippen LogP contribution is 2.16. The minimum absolute atomic E-state index is 0.0798. The molecule has 0 saturated heterocycles. The highest BCUT2D eigenvalue weighted by Gasteiger charge is 2.22. The molecule has 1 aromatic carbocycles. The number of benzene rings is 1. The van der Waals surface area contributed by atoms with Gasteiger partial charge >= 0.3 is 0 Å². The lowest BCUT2D eigenvalue weighted by Gasteiger charge is -2.19. The average molecular weight is 295 g/mol. The van der Waals surface area contributed by atoms with Crippen molar-refractivity contribution in [2.45, 2.75) is 18.7 Å². The molecule has 0 fully saturated rings. The van der Waals surface area contributed by atoms with Gasteiger partial charge in [-0.1, -0.05) is 42.0 Å². The van der Waals surface area contributed by atoms with Gasteiger partial charge in [0, 0.05) is 13.1 Å². The zero-order valence-corrected chi connectivity index (χ0v) is 12.7. The molecule has 0 aliphatic heterocycles. The van der Waals surface area contributed by atoms with E-state index in [1.54, 1.807) is 36.4 Å². The summed E-state index contributed by atoms with van der Waals surface area (Å²) in [5.74, 6) is 0. The van der Waals surface area contributed by atoms with Crippen molar-refractivity contribution < 1.29 is 13.5 Å². The van der Waals surface area contributed by atoms with Gasteiger partial charge in [-0.3, -0.25) is 0 Å². The van der Waals surface area contributed by atoms with E-state index < -0.39 is 10.0 Å². The van der Waals surface area contributed by atoms with E-state index in [0.29, 0.717) is 0 Å². The fourth-order valence-corrected chi connectivity index (χ4v) is 3.03. The lowest BCUT2D eigenvalue weighted by Crippen LogP contribution is -2.33. The van der Waals surface area contributed by atoms with Crippen LogP contribution in [0.15, 0.2) is 53.5 Å². The van der Waals surface area contributed by atoms with Crippen LogP contribution in [0, 0.1) is 6.92 Å². The van der Waals surface area contributed by atoms with Crippen molar-refractivity contribution in [2.75, 3.05) is 19.7 Å². The molecule has 0 saturated carbocycles. The van der Waals surface area contributed by atoms with E-state index in [4.69, 9.17) is 5.11 Å². The Bertz CT molecular complexity index is 559. The van der Waals surface area contributed by atoms with E-state index in [9.17, 15) is 8.42 Å². The molecule has 1 N–H and O–H groups in total. The summed E-state index contributed by atoms with van der Waals surface area (Å²) in [6.07, 6.45) is 7.23. The number of aryl methyl sites for hydroxylation is 1. The van der Waals surface area contributed by atoms with Crippen LogP contribution < -0.4 is 0 Å². The van der Waals surface area contributed by atoms with Gasteiger partial charge in [-0.25, -0.2) is 8.42 Å². The number of allylic oxidation sites excluding steroid dienone is 3. The van der Waals surface area contributed by atoms with Crippen molar-refractivity contribution in [3.63, 3.8) is 0 Å². The highest BCUT2D eigenvalue weighted by molar-refractivity contribution is 7.89. The Labute approximate surface area is 121 Å². The van der Waals surface area contributed by atoms with Gasteiger partial charge in [-0.2, -0.15) is 4.31 Å². The molecule has 0 aliphatic carbocycles. The molecule has 0 bridgehead atoms. The van der Waals surface area contributed by atoms with E-state index in [1.165, 1.54) is 4.31 Å². The Morgan fingerprint density at radius 1 is 1.20 bits per heavy atom. The second-order valence-electron chi connectivity index (χ2n) is 4.35. The van der Waals surface area contributed by atoms with Crippen molar-refractivity contribution in [2.24, 2.45) is 0 Å². The van der Waals surface area contributed by atoms with E-state index in [2.05, 4.69) is 0 Å². The summed E-state index contributed by atoms with van der Waals surface area (Å²) in [5, 5.41) is 9.05. The number of aliphatic hydroxyl groups excluding tert-OH is 1. The first-order chi connectivity index (χ1) is 9.52. The maximum Gasteiger partial charge on any atom is 0.243 e. The molecule has 1 rings (SSSR count). The van der Waals surface area contributed by atoms with Crippen molar-refractivity contribution in [3.05, 3.63) is 54.1 Å². The van der Waals surface area contributed by atoms with Crippen molar-refractivity contribution >= 4 is 10.0 Å². The molecule has 0 amide bonds. The molecule has 0 atom stereocenters. The first kappa shape index (κ1) is 16.6. The van der Waals surface area contributed by atoms with E-state index in [0.717, 1.165) is 5.56 Å². The fraction of sp³-hybridized carbons (Fsp3) is 0.333. The number of nitrogens with zero attached hydrogens (tertiary/aromatic N) is 1. The topological polar surface area (TPSA) is 57.6 Å². The molecule has 0 spiro atoms. The second-order valence-corrected chi connectivity index (χ2v) is 6.29. The Kier molecular flexibility index (Phi) is 6.64. The van der Waals surface area contributed by atoms with Crippen LogP contribution in [0.4, 0.5) is 0 Å². The minimum atomic E-state index is -3.57. The zero-order valence-electron chi connectivity index (χ0n) is 11.9. The van der Waals surface area contributed by atoms with Crippen LogP contribution in [0.2, 0.25) is 0 Å². The van der Waals surface area contributed by atoms with Crippen LogP contribution in [0.1, 0.15) is 12.5 Å². The largest absolute Gasteiger partial charge is 0.395 e. The molecule has 4 nitrogen and oxygen atoms in total. The smallest absolute Gasteiger partial charge is 0.243 e. The van der Waals surface area contributed by atoms with Crippen LogP contribution in [0.3, 0.4) is 0 Å². The van der Waals surface area contributed by atoms with Gasteiger partial charge in [0.25, 0.3) is 0 Å². The standard InChI is InChI=1S/C15H21NO3S/c1-3-4-5-6-11-16(12-13-17)20(18,19)15-9-7-14(2)8-10-15/h3-10,17H,11-13H2,1-2H3/b4-3+,6-5+. The number of rotatable bonds is 7. The molecule has 0 aromatic heterocycles. The van der Waals surface area contributed by atoms with Crippen molar-refractivity contribution in [1.29, 1.82) is 0 Å². The third-order valence-electron chi connectivity index (χ3n) is 2.76. The van der Waals surface area contributed by atoms with Crippen LogP contribution in [0.5, 0.6) is 0 Å². The number of aliphatic hydroxyl groups is 1. The molecule has 110 valence electrons. The minimum Gasteiger partial charge on any atom is -0.395 e. The van der Waals surface area contributed by atoms with Crippen LogP contribution in [0.25, 0.3) is 0 Å². The van der Waals surface area contributed by atoms with Crippen molar-refractivity contribution in [1.82, 2.24) is 4.31 Å². The molecule has 20 heavy (non-hydrogen) atoms. The van der Waals surface area contributed by atoms with E-state index in [-0.39, 0.29) is 24.6 Å². The lowest BCUT2D eigenvalue weighted by atomic mass is 10.2. The molecule has 1 aromatic rings. The first-order valence-corrected chi connectivity index (χ1v) is 7.92. The highest BCUT2D eigenvalue weighted by atomic mass is 32.2. The Balaban J connectivity index is 2.96. The van der Waals surface area contributed by atoms with Crippen molar-refractivity contribution in [3.8, 4) is 0 Å². The van der Waals surface area contributed by atoms with Gasteiger partial charge in [0.05, 0.1) is 11.5 Å². The van der Waals surface area contributed by atoms with E-state index >= 15 is 0 Å². The van der Waals surface area contributed by atoms with Gasteiger partial charge < -0.3 is 5.11 Å². The number of sulfonamides is 1. The van der Waals surface area contributed by atoms with Crippen LogP contribution in [-0.2, 0) is 10.0 Å². The monoisotopic (exact) mass is 295 g/mol. The van der Waals surface area contributed by atoms with Gasteiger partial charge in [0.15, 0.2) is 0 Å². The molecular formula is C15H21NO3S. The van der Waals surface area contributed by atoms with Crippen LogP contribution >= 0.6 is 0 Å². The maximum atomic E-state index is 12.5. The predicted molar refractivity (Wildman–Crippen MR) is 81.0 cm³/mol. The normalized spacial score (nSPS) is 12.8. The summed E-state index contributed by atoms with van der Waals surface area (Å²) >= 11 is 0. The quantitative estimate of drug-likeness (QED) is 0.784. The van der Waals surface area contributed by atoms with Gasteiger partial charge in [-0.05, 0) is 26.0 Å². The number of hydrogen-bond acceptors (Lipinski definition) is 3. The van der Waals surface area contributed by atoms with Crippen LogP contribution in [-0.4, -0.2) is 37.5 Å². The van der Waals surface area contributed by atoms with Gasteiger partial charge in [-0.15, -0.1) is 0 Å². The Morgan fingerprint density at radius 2 is 1.85 bits per heavy atom. The fourth-order valence-electron chi connectivity index (χ4n) is 1.65. The summed E-state index contributed by atoms with van der Waals surface area (Å²) in [4.78, 5) is 0.246. The third kappa shape index (κ3) is 4.59. The average Bonchev–Trinajstić information content (AvgIpc) is 2.42. The lowest BCUT2D eigenvalue weighted by molar-refractivity contribution is 0.260. The van der Waals surface area contributed by atoms with Gasteiger partial charge in [0.2, 0.25) is 10.0 Å². The number of hydrogen-bond donors (Lipinski definition) is 1. The maximum absolute atomic E-state index is 12.5. The third-order valence-corrected chi connectivity index (χ3v) is 4.64. The molecule has 5 heteroatoms. The molecule has 0 unspecified atom stereocenters. The zero-order chi connectivity index (χ0) is 15.0. The second kappa shape index (κ2) is 7.99. The Hall–Kier alpha value is -1.43. The molecule has 0 radical (unpaired) electrons. The molecule has 0 heterocycles. The van der Waals surface area contributed by atoms with E-state index in [1.807, 2.05) is 26.0 Å². The Morgan fingerprint density at radius 3 is 2.40 bits per heavy atom. The predicted octanol–water partition coefficient (Wildman–Crippen LogP) is 2.11. The SMILES string of the molecule is C/C=C/C=C/CN(CCO)S(=O)(=O)c1ccc(C)cc1. The first-order valence-electron chi connectivity index (χ1n) is 6.48.